The lowest BCUT2D eigenvalue weighted by Gasteiger charge is -2.34. The molecule has 1 aliphatic rings. The van der Waals surface area contributed by atoms with Crippen molar-refractivity contribution in [3.05, 3.63) is 35.4 Å². The van der Waals surface area contributed by atoms with Crippen molar-refractivity contribution in [1.82, 2.24) is 5.32 Å². The second-order valence-corrected chi connectivity index (χ2v) is 4.18. The molecule has 1 atom stereocenters. The molecule has 3 heteroatoms. The van der Waals surface area contributed by atoms with Gasteiger partial charge in [-0.2, -0.15) is 5.26 Å². The fraction of sp³-hybridized carbons (Fsp3) is 0.462. The molecule has 1 unspecified atom stereocenters. The van der Waals surface area contributed by atoms with E-state index in [0.717, 1.165) is 24.8 Å². The van der Waals surface area contributed by atoms with Gasteiger partial charge in [0.25, 0.3) is 0 Å². The summed E-state index contributed by atoms with van der Waals surface area (Å²) in [6, 6.07) is 10.5. The summed E-state index contributed by atoms with van der Waals surface area (Å²) in [5.41, 5.74) is 1.73. The summed E-state index contributed by atoms with van der Waals surface area (Å²) >= 11 is 0. The molecule has 0 heterocycles. The highest BCUT2D eigenvalue weighted by atomic mass is 16.3. The average Bonchev–Trinajstić information content (AvgIpc) is 2.36. The van der Waals surface area contributed by atoms with E-state index in [1.165, 1.54) is 5.56 Å². The van der Waals surface area contributed by atoms with Gasteiger partial charge in [0.2, 0.25) is 0 Å². The van der Waals surface area contributed by atoms with Crippen LogP contribution in [0.1, 0.15) is 24.0 Å². The van der Waals surface area contributed by atoms with Gasteiger partial charge in [-0.15, -0.1) is 0 Å². The molecule has 0 fully saturated rings. The summed E-state index contributed by atoms with van der Waals surface area (Å²) in [6.07, 6.45) is 2.88. The predicted octanol–water partition coefficient (Wildman–Crippen LogP) is 1.32. The van der Waals surface area contributed by atoms with E-state index in [0.29, 0.717) is 6.54 Å². The maximum absolute atomic E-state index is 9.42. The Balaban J connectivity index is 2.38. The number of nitrogens with zero attached hydrogens (tertiary/aromatic N) is 1. The van der Waals surface area contributed by atoms with Crippen molar-refractivity contribution >= 4 is 0 Å². The van der Waals surface area contributed by atoms with Crippen LogP contribution in [0.5, 0.6) is 0 Å². The van der Waals surface area contributed by atoms with Gasteiger partial charge in [-0.25, -0.2) is 0 Å². The number of aryl methyl sites for hydroxylation is 1. The van der Waals surface area contributed by atoms with Gasteiger partial charge >= 0.3 is 0 Å². The van der Waals surface area contributed by atoms with Crippen LogP contribution in [0.3, 0.4) is 0 Å². The molecule has 1 aromatic carbocycles. The number of nitriles is 1. The van der Waals surface area contributed by atoms with Gasteiger partial charge < -0.3 is 5.11 Å². The zero-order valence-electron chi connectivity index (χ0n) is 9.24. The largest absolute Gasteiger partial charge is 0.395 e. The molecule has 1 aliphatic carbocycles. The maximum atomic E-state index is 9.42. The Kier molecular flexibility index (Phi) is 3.23. The summed E-state index contributed by atoms with van der Waals surface area (Å²) in [6.45, 7) is 0.521. The van der Waals surface area contributed by atoms with E-state index in [1.54, 1.807) is 0 Å². The lowest BCUT2D eigenvalue weighted by molar-refractivity contribution is 0.263. The van der Waals surface area contributed by atoms with Crippen molar-refractivity contribution < 1.29 is 5.11 Å². The highest BCUT2D eigenvalue weighted by Crippen LogP contribution is 2.34. The number of rotatable bonds is 3. The summed E-state index contributed by atoms with van der Waals surface area (Å²) in [4.78, 5) is 0. The van der Waals surface area contributed by atoms with E-state index in [9.17, 15) is 5.26 Å². The third-order valence-corrected chi connectivity index (χ3v) is 3.20. The van der Waals surface area contributed by atoms with Gasteiger partial charge in [0.15, 0.2) is 0 Å². The molecular formula is C13H16N2O. The first kappa shape index (κ1) is 11.1. The zero-order chi connectivity index (χ0) is 11.4. The molecule has 0 radical (unpaired) electrons. The predicted molar refractivity (Wildman–Crippen MR) is 61.8 cm³/mol. The maximum Gasteiger partial charge on any atom is 0.132 e. The number of fused-ring (bicyclic) bond motifs is 1. The number of hydrogen-bond donors (Lipinski definition) is 2. The molecule has 16 heavy (non-hydrogen) atoms. The highest BCUT2D eigenvalue weighted by Gasteiger charge is 2.35. The van der Waals surface area contributed by atoms with Crippen LogP contribution in [0.15, 0.2) is 24.3 Å². The first-order valence-corrected chi connectivity index (χ1v) is 5.68. The van der Waals surface area contributed by atoms with Crippen LogP contribution in [0.2, 0.25) is 0 Å². The molecule has 84 valence electrons. The fourth-order valence-electron chi connectivity index (χ4n) is 2.44. The second kappa shape index (κ2) is 4.65. The van der Waals surface area contributed by atoms with Crippen molar-refractivity contribution in [2.45, 2.75) is 24.8 Å². The minimum atomic E-state index is -0.600. The number of aliphatic hydroxyl groups excluding tert-OH is 1. The minimum Gasteiger partial charge on any atom is -0.395 e. The Bertz CT molecular complexity index is 411. The third-order valence-electron chi connectivity index (χ3n) is 3.20. The highest BCUT2D eigenvalue weighted by molar-refractivity contribution is 5.40. The molecule has 0 saturated carbocycles. The van der Waals surface area contributed by atoms with E-state index in [1.807, 2.05) is 18.2 Å². The van der Waals surface area contributed by atoms with Crippen LogP contribution in [0, 0.1) is 11.3 Å². The smallest absolute Gasteiger partial charge is 0.132 e. The minimum absolute atomic E-state index is 0.0611. The van der Waals surface area contributed by atoms with Crippen molar-refractivity contribution in [2.24, 2.45) is 0 Å². The van der Waals surface area contributed by atoms with Crippen molar-refractivity contribution in [3.8, 4) is 6.07 Å². The van der Waals surface area contributed by atoms with Crippen LogP contribution >= 0.6 is 0 Å². The molecule has 0 amide bonds. The molecule has 0 spiro atoms. The van der Waals surface area contributed by atoms with E-state index >= 15 is 0 Å². The van der Waals surface area contributed by atoms with Gasteiger partial charge in [-0.3, -0.25) is 5.32 Å². The number of benzene rings is 1. The average molecular weight is 216 g/mol. The topological polar surface area (TPSA) is 56.0 Å². The number of nitrogens with one attached hydrogen (secondary N) is 1. The van der Waals surface area contributed by atoms with Crippen molar-refractivity contribution in [2.75, 3.05) is 13.2 Å². The summed E-state index contributed by atoms with van der Waals surface area (Å²) in [5, 5.41) is 21.5. The first-order chi connectivity index (χ1) is 7.82. The number of aliphatic hydroxyl groups is 1. The Morgan fingerprint density at radius 3 is 3.00 bits per heavy atom. The van der Waals surface area contributed by atoms with Crippen molar-refractivity contribution in [3.63, 3.8) is 0 Å². The Morgan fingerprint density at radius 1 is 1.44 bits per heavy atom. The summed E-state index contributed by atoms with van der Waals surface area (Å²) in [5.74, 6) is 0. The van der Waals surface area contributed by atoms with E-state index in [4.69, 9.17) is 5.11 Å². The van der Waals surface area contributed by atoms with Crippen LogP contribution in [-0.2, 0) is 12.0 Å². The SMILES string of the molecule is N#CC1(NCCO)CCCc2ccccc21. The summed E-state index contributed by atoms with van der Waals surface area (Å²) in [7, 11) is 0. The molecule has 0 bridgehead atoms. The molecule has 0 aliphatic heterocycles. The molecule has 1 aromatic rings. The molecule has 3 nitrogen and oxygen atoms in total. The Hall–Kier alpha value is -1.37. The summed E-state index contributed by atoms with van der Waals surface area (Å²) < 4.78 is 0. The number of hydrogen-bond acceptors (Lipinski definition) is 3. The van der Waals surface area contributed by atoms with Crippen LogP contribution < -0.4 is 5.32 Å². The van der Waals surface area contributed by atoms with E-state index in [-0.39, 0.29) is 6.61 Å². The van der Waals surface area contributed by atoms with E-state index < -0.39 is 5.54 Å². The molecule has 2 N–H and O–H groups in total. The van der Waals surface area contributed by atoms with Gasteiger partial charge in [-0.1, -0.05) is 24.3 Å². The molecular weight excluding hydrogens is 200 g/mol. The fourth-order valence-corrected chi connectivity index (χ4v) is 2.44. The standard InChI is InChI=1S/C13H16N2O/c14-10-13(15-8-9-16)7-3-5-11-4-1-2-6-12(11)13/h1-2,4,6,15-16H,3,5,7-9H2. The second-order valence-electron chi connectivity index (χ2n) is 4.18. The van der Waals surface area contributed by atoms with Gasteiger partial charge in [-0.05, 0) is 30.4 Å². The van der Waals surface area contributed by atoms with Gasteiger partial charge in [0.05, 0.1) is 12.7 Å². The Labute approximate surface area is 95.7 Å². The molecule has 0 aromatic heterocycles. The van der Waals surface area contributed by atoms with Crippen molar-refractivity contribution in [1.29, 1.82) is 5.26 Å². The third kappa shape index (κ3) is 1.82. The quantitative estimate of drug-likeness (QED) is 0.801. The van der Waals surface area contributed by atoms with Crippen LogP contribution in [0.4, 0.5) is 0 Å². The molecule has 2 rings (SSSR count). The van der Waals surface area contributed by atoms with Crippen LogP contribution in [-0.4, -0.2) is 18.3 Å². The van der Waals surface area contributed by atoms with Crippen LogP contribution in [0.25, 0.3) is 0 Å². The monoisotopic (exact) mass is 216 g/mol. The molecule has 0 saturated heterocycles. The first-order valence-electron chi connectivity index (χ1n) is 5.68. The van der Waals surface area contributed by atoms with Gasteiger partial charge in [0, 0.05) is 6.54 Å². The lowest BCUT2D eigenvalue weighted by Crippen LogP contribution is -2.45. The lowest BCUT2D eigenvalue weighted by atomic mass is 9.77. The zero-order valence-corrected chi connectivity index (χ0v) is 9.24. The van der Waals surface area contributed by atoms with E-state index in [2.05, 4.69) is 17.5 Å². The normalized spacial score (nSPS) is 23.5. The Morgan fingerprint density at radius 2 is 2.25 bits per heavy atom. The van der Waals surface area contributed by atoms with Gasteiger partial charge in [0.1, 0.15) is 5.54 Å².